The van der Waals surface area contributed by atoms with Crippen LogP contribution in [0.5, 0.6) is 0 Å². The molecule has 0 atom stereocenters. The van der Waals surface area contributed by atoms with Crippen molar-refractivity contribution in [2.24, 2.45) is 0 Å². The number of rotatable bonds is 10. The quantitative estimate of drug-likeness (QED) is 0.303. The molecule has 0 aliphatic rings. The summed E-state index contributed by atoms with van der Waals surface area (Å²) < 4.78 is 0. The molecule has 0 aromatic rings. The normalized spacial score (nSPS) is 12.8. The highest BCUT2D eigenvalue weighted by Gasteiger charge is 1.98. The Kier molecular flexibility index (Phi) is 11.0. The van der Waals surface area contributed by atoms with Gasteiger partial charge in [0.25, 0.3) is 0 Å². The molecule has 0 heteroatoms. The van der Waals surface area contributed by atoms with E-state index in [2.05, 4.69) is 27.7 Å². The number of unbranched alkanes of at least 4 members (excludes halogenated alkanes) is 6. The summed E-state index contributed by atoms with van der Waals surface area (Å²) in [5.41, 5.74) is 3.32. The van der Waals surface area contributed by atoms with E-state index in [1.165, 1.54) is 64.2 Å². The van der Waals surface area contributed by atoms with Crippen LogP contribution in [0.15, 0.2) is 11.1 Å². The Bertz CT molecular complexity index is 156. The van der Waals surface area contributed by atoms with Gasteiger partial charge in [0.15, 0.2) is 0 Å². The third-order valence-electron chi connectivity index (χ3n) is 3.54. The molecule has 0 amide bonds. The zero-order chi connectivity index (χ0) is 12.2. The van der Waals surface area contributed by atoms with Gasteiger partial charge >= 0.3 is 0 Å². The van der Waals surface area contributed by atoms with Gasteiger partial charge in [-0.25, -0.2) is 0 Å². The van der Waals surface area contributed by atoms with E-state index in [0.717, 1.165) is 0 Å². The molecule has 0 heterocycles. The van der Waals surface area contributed by atoms with E-state index in [4.69, 9.17) is 0 Å². The summed E-state index contributed by atoms with van der Waals surface area (Å²) in [4.78, 5) is 0. The van der Waals surface area contributed by atoms with Gasteiger partial charge in [-0.05, 0) is 39.5 Å². The topological polar surface area (TPSA) is 0 Å². The van der Waals surface area contributed by atoms with E-state index in [0.29, 0.717) is 0 Å². The molecule has 0 radical (unpaired) electrons. The second kappa shape index (κ2) is 11.2. The molecule has 0 saturated carbocycles. The summed E-state index contributed by atoms with van der Waals surface area (Å²) in [7, 11) is 0. The number of allylic oxidation sites excluding steroid dienone is 2. The van der Waals surface area contributed by atoms with E-state index >= 15 is 0 Å². The van der Waals surface area contributed by atoms with Gasteiger partial charge in [-0.3, -0.25) is 0 Å². The fraction of sp³-hybridized carbons (Fsp3) is 0.875. The summed E-state index contributed by atoms with van der Waals surface area (Å²) in [5.74, 6) is 0. The van der Waals surface area contributed by atoms with Crippen molar-refractivity contribution in [2.75, 3.05) is 0 Å². The molecule has 16 heavy (non-hydrogen) atoms. The van der Waals surface area contributed by atoms with Crippen molar-refractivity contribution in [1.29, 1.82) is 0 Å². The number of hydrogen-bond donors (Lipinski definition) is 0. The van der Waals surface area contributed by atoms with Gasteiger partial charge in [0, 0.05) is 0 Å². The van der Waals surface area contributed by atoms with E-state index in [1.807, 2.05) is 0 Å². The fourth-order valence-corrected chi connectivity index (χ4v) is 2.06. The maximum Gasteiger partial charge on any atom is -0.0320 e. The monoisotopic (exact) mass is 224 g/mol. The molecular formula is C16H32. The summed E-state index contributed by atoms with van der Waals surface area (Å²) in [6, 6.07) is 0. The average Bonchev–Trinajstić information content (AvgIpc) is 2.29. The lowest BCUT2D eigenvalue weighted by molar-refractivity contribution is 0.646. The second-order valence-corrected chi connectivity index (χ2v) is 5.18. The first kappa shape index (κ1) is 15.7. The highest BCUT2D eigenvalue weighted by atomic mass is 14.0. The van der Waals surface area contributed by atoms with Crippen LogP contribution in [0.4, 0.5) is 0 Å². The van der Waals surface area contributed by atoms with E-state index in [1.54, 1.807) is 11.1 Å². The van der Waals surface area contributed by atoms with Gasteiger partial charge in [-0.1, -0.05) is 63.5 Å². The molecule has 0 saturated heterocycles. The van der Waals surface area contributed by atoms with Gasteiger partial charge < -0.3 is 0 Å². The standard InChI is InChI=1S/C16H32/c1-5-7-9-11-13-15(3)16(4)14-12-10-8-6-2/h5-14H2,1-4H3. The van der Waals surface area contributed by atoms with Crippen molar-refractivity contribution < 1.29 is 0 Å². The third kappa shape index (κ3) is 9.00. The highest BCUT2D eigenvalue weighted by molar-refractivity contribution is 5.09. The lowest BCUT2D eigenvalue weighted by Crippen LogP contribution is -1.87. The molecule has 0 nitrogen and oxygen atoms in total. The molecule has 0 rings (SSSR count). The molecule has 0 aliphatic carbocycles. The summed E-state index contributed by atoms with van der Waals surface area (Å²) in [5, 5.41) is 0. The van der Waals surface area contributed by atoms with Crippen LogP contribution in [0.25, 0.3) is 0 Å². The Labute approximate surface area is 104 Å². The predicted molar refractivity (Wildman–Crippen MR) is 75.9 cm³/mol. The third-order valence-corrected chi connectivity index (χ3v) is 3.54. The lowest BCUT2D eigenvalue weighted by atomic mass is 9.99. The van der Waals surface area contributed by atoms with Crippen LogP contribution in [-0.4, -0.2) is 0 Å². The SMILES string of the molecule is CCCCCCC(C)=C(C)CCCCCC. The maximum atomic E-state index is 2.33. The van der Waals surface area contributed by atoms with Crippen LogP contribution in [0.1, 0.15) is 91.9 Å². The van der Waals surface area contributed by atoms with Crippen molar-refractivity contribution in [2.45, 2.75) is 91.9 Å². The molecular weight excluding hydrogens is 192 g/mol. The van der Waals surface area contributed by atoms with Crippen molar-refractivity contribution >= 4 is 0 Å². The van der Waals surface area contributed by atoms with Crippen LogP contribution >= 0.6 is 0 Å². The van der Waals surface area contributed by atoms with Crippen LogP contribution in [0, 0.1) is 0 Å². The molecule has 0 fully saturated rings. The van der Waals surface area contributed by atoms with Gasteiger partial charge in [0.05, 0.1) is 0 Å². The molecule has 96 valence electrons. The van der Waals surface area contributed by atoms with E-state index in [9.17, 15) is 0 Å². The maximum absolute atomic E-state index is 2.33. The van der Waals surface area contributed by atoms with Gasteiger partial charge in [-0.2, -0.15) is 0 Å². The Morgan fingerprint density at radius 1 is 0.562 bits per heavy atom. The van der Waals surface area contributed by atoms with Crippen LogP contribution < -0.4 is 0 Å². The van der Waals surface area contributed by atoms with E-state index < -0.39 is 0 Å². The zero-order valence-corrected chi connectivity index (χ0v) is 12.1. The minimum Gasteiger partial charge on any atom is -0.0744 e. The highest BCUT2D eigenvalue weighted by Crippen LogP contribution is 2.18. The summed E-state index contributed by atoms with van der Waals surface area (Å²) >= 11 is 0. The first-order valence-corrected chi connectivity index (χ1v) is 7.37. The largest absolute Gasteiger partial charge is 0.0744 e. The Balaban J connectivity index is 3.60. The molecule has 0 spiro atoms. The summed E-state index contributed by atoms with van der Waals surface area (Å²) in [6.45, 7) is 9.23. The molecule has 0 bridgehead atoms. The molecule has 0 N–H and O–H groups in total. The Hall–Kier alpha value is -0.260. The number of hydrogen-bond acceptors (Lipinski definition) is 0. The Morgan fingerprint density at radius 3 is 1.25 bits per heavy atom. The minimum absolute atomic E-state index is 1.33. The van der Waals surface area contributed by atoms with Crippen molar-refractivity contribution in [3.8, 4) is 0 Å². The van der Waals surface area contributed by atoms with E-state index in [-0.39, 0.29) is 0 Å². The van der Waals surface area contributed by atoms with Crippen LogP contribution in [-0.2, 0) is 0 Å². The minimum atomic E-state index is 1.33. The smallest absolute Gasteiger partial charge is 0.0320 e. The Morgan fingerprint density at radius 2 is 0.938 bits per heavy atom. The molecule has 0 aromatic carbocycles. The molecule has 0 aliphatic heterocycles. The van der Waals surface area contributed by atoms with Crippen molar-refractivity contribution in [1.82, 2.24) is 0 Å². The van der Waals surface area contributed by atoms with Gasteiger partial charge in [-0.15, -0.1) is 0 Å². The van der Waals surface area contributed by atoms with Gasteiger partial charge in [0.2, 0.25) is 0 Å². The fourth-order valence-electron chi connectivity index (χ4n) is 2.06. The van der Waals surface area contributed by atoms with Crippen molar-refractivity contribution in [3.05, 3.63) is 11.1 Å². The summed E-state index contributed by atoms with van der Waals surface area (Å²) in [6.07, 6.45) is 13.8. The van der Waals surface area contributed by atoms with Crippen LogP contribution in [0.2, 0.25) is 0 Å². The first-order chi connectivity index (χ1) is 7.72. The van der Waals surface area contributed by atoms with Crippen LogP contribution in [0.3, 0.4) is 0 Å². The molecule has 0 aromatic heterocycles. The predicted octanol–water partition coefficient (Wildman–Crippen LogP) is 6.26. The lowest BCUT2D eigenvalue weighted by Gasteiger charge is -2.08. The van der Waals surface area contributed by atoms with Gasteiger partial charge in [0.1, 0.15) is 0 Å². The zero-order valence-electron chi connectivity index (χ0n) is 12.1. The average molecular weight is 224 g/mol. The second-order valence-electron chi connectivity index (χ2n) is 5.18. The molecule has 0 unspecified atom stereocenters. The first-order valence-electron chi connectivity index (χ1n) is 7.37. The van der Waals surface area contributed by atoms with Crippen molar-refractivity contribution in [3.63, 3.8) is 0 Å².